The molecule has 0 aliphatic carbocycles. The number of nitrogens with zero attached hydrogens (tertiary/aromatic N) is 2. The van der Waals surface area contributed by atoms with E-state index in [-0.39, 0.29) is 11.8 Å². The molecule has 0 saturated heterocycles. The molecule has 0 unspecified atom stereocenters. The van der Waals surface area contributed by atoms with E-state index in [1.165, 1.54) is 10.5 Å². The number of hydrogen-bond acceptors (Lipinski definition) is 4. The van der Waals surface area contributed by atoms with E-state index >= 15 is 0 Å². The van der Waals surface area contributed by atoms with Crippen LogP contribution in [0.2, 0.25) is 0 Å². The van der Waals surface area contributed by atoms with Crippen LogP contribution in [0.3, 0.4) is 0 Å². The second kappa shape index (κ2) is 8.24. The fourth-order valence-corrected chi connectivity index (χ4v) is 4.83. The molecule has 5 rings (SSSR count). The fraction of sp³-hybridized carbons (Fsp3) is 0.214. The van der Waals surface area contributed by atoms with Crippen LogP contribution in [0.4, 0.5) is 11.4 Å². The molecule has 0 fully saturated rings. The molecule has 0 aromatic heterocycles. The Balaban J connectivity index is 1.75. The van der Waals surface area contributed by atoms with Gasteiger partial charge in [0.2, 0.25) is 0 Å². The molecule has 5 heteroatoms. The van der Waals surface area contributed by atoms with Crippen molar-refractivity contribution < 1.29 is 14.3 Å². The molecule has 0 N–H and O–H groups in total. The summed E-state index contributed by atoms with van der Waals surface area (Å²) >= 11 is 0. The molecule has 2 aliphatic heterocycles. The van der Waals surface area contributed by atoms with Crippen LogP contribution in [0.1, 0.15) is 28.7 Å². The Labute approximate surface area is 193 Å². The highest BCUT2D eigenvalue weighted by molar-refractivity contribution is 6.46. The van der Waals surface area contributed by atoms with Gasteiger partial charge in [0, 0.05) is 17.8 Å². The van der Waals surface area contributed by atoms with E-state index in [2.05, 4.69) is 6.07 Å². The minimum atomic E-state index is -0.323. The zero-order valence-corrected chi connectivity index (χ0v) is 19.1. The SMILES string of the molecule is COc1ccccc1C1=C(N2CCCc3ccccc32)C(=O)N(c2cccc(C)c2C)C1=O. The first-order valence-corrected chi connectivity index (χ1v) is 11.2. The summed E-state index contributed by atoms with van der Waals surface area (Å²) < 4.78 is 5.60. The van der Waals surface area contributed by atoms with Gasteiger partial charge in [-0.15, -0.1) is 0 Å². The van der Waals surface area contributed by atoms with Crippen LogP contribution < -0.4 is 14.5 Å². The maximum Gasteiger partial charge on any atom is 0.282 e. The largest absolute Gasteiger partial charge is 0.496 e. The lowest BCUT2D eigenvalue weighted by atomic mass is 9.98. The summed E-state index contributed by atoms with van der Waals surface area (Å²) in [5.74, 6) is -0.0539. The molecular formula is C28H26N2O3. The lowest BCUT2D eigenvalue weighted by Crippen LogP contribution is -2.37. The van der Waals surface area contributed by atoms with Crippen LogP contribution in [0.15, 0.2) is 72.4 Å². The Morgan fingerprint density at radius 1 is 0.818 bits per heavy atom. The lowest BCUT2D eigenvalue weighted by Gasteiger charge is -2.32. The number of rotatable bonds is 4. The molecule has 0 saturated carbocycles. The monoisotopic (exact) mass is 438 g/mol. The third-order valence-corrected chi connectivity index (χ3v) is 6.63. The van der Waals surface area contributed by atoms with E-state index in [4.69, 9.17) is 4.74 Å². The van der Waals surface area contributed by atoms with Gasteiger partial charge >= 0.3 is 0 Å². The van der Waals surface area contributed by atoms with E-state index in [1.807, 2.05) is 79.4 Å². The molecule has 0 spiro atoms. The molecule has 0 bridgehead atoms. The normalized spacial score (nSPS) is 15.8. The van der Waals surface area contributed by atoms with Gasteiger partial charge in [-0.2, -0.15) is 0 Å². The third kappa shape index (κ3) is 3.32. The lowest BCUT2D eigenvalue weighted by molar-refractivity contribution is -0.120. The van der Waals surface area contributed by atoms with Gasteiger partial charge in [-0.25, -0.2) is 4.90 Å². The quantitative estimate of drug-likeness (QED) is 0.535. The Kier molecular flexibility index (Phi) is 5.25. The minimum Gasteiger partial charge on any atom is -0.496 e. The summed E-state index contributed by atoms with van der Waals surface area (Å²) in [6, 6.07) is 21.2. The molecular weight excluding hydrogens is 412 g/mol. The zero-order valence-electron chi connectivity index (χ0n) is 19.1. The maximum absolute atomic E-state index is 14.0. The van der Waals surface area contributed by atoms with Gasteiger partial charge in [0.25, 0.3) is 11.8 Å². The molecule has 2 amide bonds. The summed E-state index contributed by atoms with van der Waals surface area (Å²) in [6.07, 6.45) is 1.86. The Hall–Kier alpha value is -3.86. The van der Waals surface area contributed by atoms with E-state index in [0.717, 1.165) is 29.7 Å². The van der Waals surface area contributed by atoms with Gasteiger partial charge in [0.1, 0.15) is 11.4 Å². The molecule has 2 heterocycles. The Morgan fingerprint density at radius 2 is 1.55 bits per heavy atom. The first kappa shape index (κ1) is 21.0. The minimum absolute atomic E-state index is 0.300. The van der Waals surface area contributed by atoms with Crippen molar-refractivity contribution in [2.45, 2.75) is 26.7 Å². The predicted octanol–water partition coefficient (Wildman–Crippen LogP) is 5.05. The number of ether oxygens (including phenoxy) is 1. The van der Waals surface area contributed by atoms with E-state index < -0.39 is 0 Å². The molecule has 33 heavy (non-hydrogen) atoms. The van der Waals surface area contributed by atoms with Crippen LogP contribution in [0.25, 0.3) is 5.57 Å². The summed E-state index contributed by atoms with van der Waals surface area (Å²) in [4.78, 5) is 31.4. The standard InChI is InChI=1S/C28H26N2O3/c1-18-10-8-15-22(19(18)2)30-27(31)25(21-13-5-7-16-24(21)33-3)26(28(30)32)29-17-9-12-20-11-4-6-14-23(20)29/h4-8,10-11,13-16H,9,12,17H2,1-3H3. The van der Waals surface area contributed by atoms with Crippen LogP contribution in [-0.4, -0.2) is 25.5 Å². The number of aryl methyl sites for hydroxylation is 2. The number of imide groups is 1. The van der Waals surface area contributed by atoms with Crippen molar-refractivity contribution in [1.82, 2.24) is 0 Å². The smallest absolute Gasteiger partial charge is 0.282 e. The number of fused-ring (bicyclic) bond motifs is 1. The second-order valence-electron chi connectivity index (χ2n) is 8.47. The summed E-state index contributed by atoms with van der Waals surface area (Å²) in [7, 11) is 1.58. The number of carbonyl (C=O) groups excluding carboxylic acids is 2. The van der Waals surface area contributed by atoms with Crippen molar-refractivity contribution in [2.75, 3.05) is 23.5 Å². The highest BCUT2D eigenvalue weighted by Crippen LogP contribution is 2.42. The highest BCUT2D eigenvalue weighted by atomic mass is 16.5. The molecule has 2 aliphatic rings. The first-order valence-electron chi connectivity index (χ1n) is 11.2. The van der Waals surface area contributed by atoms with Gasteiger partial charge in [-0.3, -0.25) is 9.59 Å². The molecule has 3 aromatic carbocycles. The van der Waals surface area contributed by atoms with Crippen LogP contribution in [0.5, 0.6) is 5.75 Å². The molecule has 0 radical (unpaired) electrons. The van der Waals surface area contributed by atoms with Gasteiger partial charge in [-0.05, 0) is 61.6 Å². The topological polar surface area (TPSA) is 49.9 Å². The Bertz CT molecular complexity index is 1310. The average molecular weight is 439 g/mol. The Morgan fingerprint density at radius 3 is 2.36 bits per heavy atom. The van der Waals surface area contributed by atoms with Crippen LogP contribution in [0, 0.1) is 13.8 Å². The number of anilines is 2. The van der Waals surface area contributed by atoms with Crippen molar-refractivity contribution in [1.29, 1.82) is 0 Å². The zero-order chi connectivity index (χ0) is 23.1. The van der Waals surface area contributed by atoms with Crippen molar-refractivity contribution in [3.05, 3.63) is 94.7 Å². The van der Waals surface area contributed by atoms with Crippen molar-refractivity contribution >= 4 is 28.8 Å². The number of amides is 2. The van der Waals surface area contributed by atoms with Gasteiger partial charge < -0.3 is 9.64 Å². The second-order valence-corrected chi connectivity index (χ2v) is 8.47. The maximum atomic E-state index is 14.0. The fourth-order valence-electron chi connectivity index (χ4n) is 4.83. The molecule has 5 nitrogen and oxygen atoms in total. The van der Waals surface area contributed by atoms with E-state index in [0.29, 0.717) is 34.8 Å². The van der Waals surface area contributed by atoms with Gasteiger partial charge in [-0.1, -0.05) is 48.5 Å². The number of methoxy groups -OCH3 is 1. The van der Waals surface area contributed by atoms with Gasteiger partial charge in [0.05, 0.1) is 18.4 Å². The average Bonchev–Trinajstić information content (AvgIpc) is 3.10. The van der Waals surface area contributed by atoms with E-state index in [1.54, 1.807) is 7.11 Å². The number of carbonyl (C=O) groups is 2. The van der Waals surface area contributed by atoms with Crippen molar-refractivity contribution in [3.8, 4) is 5.75 Å². The van der Waals surface area contributed by atoms with Gasteiger partial charge in [0.15, 0.2) is 0 Å². The third-order valence-electron chi connectivity index (χ3n) is 6.63. The number of hydrogen-bond donors (Lipinski definition) is 0. The summed E-state index contributed by atoms with van der Waals surface area (Å²) in [5, 5.41) is 0. The van der Waals surface area contributed by atoms with Crippen molar-refractivity contribution in [2.24, 2.45) is 0 Å². The molecule has 166 valence electrons. The summed E-state index contributed by atoms with van der Waals surface area (Å²) in [5.41, 5.74) is 6.16. The van der Waals surface area contributed by atoms with Crippen molar-refractivity contribution in [3.63, 3.8) is 0 Å². The summed E-state index contributed by atoms with van der Waals surface area (Å²) in [6.45, 7) is 4.60. The highest BCUT2D eigenvalue weighted by Gasteiger charge is 2.44. The number of para-hydroxylation sites is 2. The van der Waals surface area contributed by atoms with E-state index in [9.17, 15) is 9.59 Å². The molecule has 0 atom stereocenters. The first-order chi connectivity index (χ1) is 16.0. The molecule has 3 aromatic rings. The van der Waals surface area contributed by atoms with Crippen LogP contribution in [-0.2, 0) is 16.0 Å². The number of benzene rings is 3. The van der Waals surface area contributed by atoms with Crippen LogP contribution >= 0.6 is 0 Å². The predicted molar refractivity (Wildman–Crippen MR) is 130 cm³/mol.